The molecule has 13 heavy (non-hydrogen) atoms. The van der Waals surface area contributed by atoms with Crippen molar-refractivity contribution in [1.29, 1.82) is 0 Å². The Bertz CT molecular complexity index is 413. The molecule has 2 N–H and O–H groups in total. The molecular weight excluding hydrogens is 206 g/mol. The molecule has 2 heterocycles. The summed E-state index contributed by atoms with van der Waals surface area (Å²) in [6, 6.07) is 5.63. The topological polar surface area (TPSA) is 51.8 Å². The lowest BCUT2D eigenvalue weighted by molar-refractivity contribution is 1.04. The molecule has 0 aliphatic rings. The van der Waals surface area contributed by atoms with Gasteiger partial charge in [0.1, 0.15) is 5.69 Å². The molecule has 0 saturated heterocycles. The maximum Gasteiger partial charge on any atom is 0.174 e. The molecular formula is C8H6ClN3S. The van der Waals surface area contributed by atoms with E-state index in [1.54, 1.807) is 17.4 Å². The Morgan fingerprint density at radius 2 is 2.23 bits per heavy atom. The monoisotopic (exact) mass is 211 g/mol. The average molecular weight is 212 g/mol. The van der Waals surface area contributed by atoms with Crippen LogP contribution in [0.4, 0.5) is 5.69 Å². The summed E-state index contributed by atoms with van der Waals surface area (Å²) in [5.74, 6) is 0. The molecule has 0 radical (unpaired) electrons. The van der Waals surface area contributed by atoms with Gasteiger partial charge in [-0.25, -0.2) is 0 Å². The summed E-state index contributed by atoms with van der Waals surface area (Å²) < 4.78 is 0. The van der Waals surface area contributed by atoms with Crippen LogP contribution >= 0.6 is 22.9 Å². The predicted molar refractivity (Wildman–Crippen MR) is 54.8 cm³/mol. The summed E-state index contributed by atoms with van der Waals surface area (Å²) >= 11 is 7.24. The van der Waals surface area contributed by atoms with Gasteiger partial charge >= 0.3 is 0 Å². The first-order valence-corrected chi connectivity index (χ1v) is 4.86. The van der Waals surface area contributed by atoms with Crippen LogP contribution < -0.4 is 5.73 Å². The number of hydrogen-bond acceptors (Lipinski definition) is 4. The maximum atomic E-state index is 5.65. The lowest BCUT2D eigenvalue weighted by Crippen LogP contribution is -1.93. The van der Waals surface area contributed by atoms with Gasteiger partial charge in [0.2, 0.25) is 0 Å². The van der Waals surface area contributed by atoms with Gasteiger partial charge in [-0.2, -0.15) is 0 Å². The first-order valence-electron chi connectivity index (χ1n) is 3.60. The van der Waals surface area contributed by atoms with Crippen molar-refractivity contribution in [3.05, 3.63) is 28.7 Å². The molecule has 0 spiro atoms. The fourth-order valence-corrected chi connectivity index (χ4v) is 1.71. The summed E-state index contributed by atoms with van der Waals surface area (Å²) in [6.45, 7) is 0. The van der Waals surface area contributed by atoms with Gasteiger partial charge in [-0.1, -0.05) is 17.7 Å². The largest absolute Gasteiger partial charge is 0.396 e. The van der Waals surface area contributed by atoms with Crippen LogP contribution in [0.3, 0.4) is 0 Å². The maximum absolute atomic E-state index is 5.65. The number of nitrogens with zero attached hydrogens (tertiary/aromatic N) is 2. The molecule has 0 saturated carbocycles. The molecule has 0 unspecified atom stereocenters. The third-order valence-corrected chi connectivity index (χ3v) is 2.74. The Hall–Kier alpha value is -1.13. The van der Waals surface area contributed by atoms with Gasteiger partial charge in [0.05, 0.1) is 10.6 Å². The number of anilines is 1. The molecule has 0 aliphatic carbocycles. The fourth-order valence-electron chi connectivity index (χ4n) is 0.936. The van der Waals surface area contributed by atoms with Crippen LogP contribution in [0.1, 0.15) is 0 Å². The quantitative estimate of drug-likeness (QED) is 0.788. The predicted octanol–water partition coefficient (Wildman–Crippen LogP) is 2.44. The average Bonchev–Trinajstić information content (AvgIpc) is 2.62. The van der Waals surface area contributed by atoms with E-state index in [9.17, 15) is 0 Å². The van der Waals surface area contributed by atoms with Crippen molar-refractivity contribution in [2.24, 2.45) is 0 Å². The van der Waals surface area contributed by atoms with E-state index in [2.05, 4.69) is 10.2 Å². The highest BCUT2D eigenvalue weighted by Gasteiger charge is 2.04. The van der Waals surface area contributed by atoms with Crippen molar-refractivity contribution in [2.75, 3.05) is 5.73 Å². The second-order valence-corrected chi connectivity index (χ2v) is 3.76. The van der Waals surface area contributed by atoms with E-state index in [-0.39, 0.29) is 5.15 Å². The normalized spacial score (nSPS) is 10.2. The summed E-state index contributed by atoms with van der Waals surface area (Å²) in [6.07, 6.45) is 0. The number of rotatable bonds is 1. The Labute approximate surface area is 84.2 Å². The molecule has 66 valence electrons. The van der Waals surface area contributed by atoms with E-state index in [0.29, 0.717) is 5.69 Å². The number of hydrogen-bond donors (Lipinski definition) is 1. The zero-order valence-electron chi connectivity index (χ0n) is 6.57. The first kappa shape index (κ1) is 8.47. The minimum absolute atomic E-state index is 0.250. The standard InChI is InChI=1S/C8H6ClN3S/c9-8-5(10)4-6(11-12-8)7-2-1-3-13-7/h1-4H,(H2,10,11). The summed E-state index contributed by atoms with van der Waals surface area (Å²) in [7, 11) is 0. The van der Waals surface area contributed by atoms with Crippen molar-refractivity contribution < 1.29 is 0 Å². The van der Waals surface area contributed by atoms with E-state index in [1.165, 1.54) is 0 Å². The molecule has 2 aromatic heterocycles. The minimum atomic E-state index is 0.250. The van der Waals surface area contributed by atoms with Crippen LogP contribution in [0.15, 0.2) is 23.6 Å². The Balaban J connectivity index is 2.49. The first-order chi connectivity index (χ1) is 6.27. The van der Waals surface area contributed by atoms with E-state index in [0.717, 1.165) is 10.6 Å². The zero-order valence-corrected chi connectivity index (χ0v) is 8.14. The minimum Gasteiger partial charge on any atom is -0.396 e. The highest BCUT2D eigenvalue weighted by atomic mass is 35.5. The second-order valence-electron chi connectivity index (χ2n) is 2.45. The Kier molecular flexibility index (Phi) is 2.16. The molecule has 3 nitrogen and oxygen atoms in total. The van der Waals surface area contributed by atoms with Crippen LogP contribution in [0, 0.1) is 0 Å². The molecule has 0 fully saturated rings. The van der Waals surface area contributed by atoms with Crippen molar-refractivity contribution in [3.8, 4) is 10.6 Å². The van der Waals surface area contributed by atoms with E-state index in [4.69, 9.17) is 17.3 Å². The van der Waals surface area contributed by atoms with Gasteiger partial charge < -0.3 is 5.73 Å². The van der Waals surface area contributed by atoms with E-state index in [1.807, 2.05) is 17.5 Å². The number of thiophene rings is 1. The summed E-state index contributed by atoms with van der Waals surface area (Å²) in [4.78, 5) is 1.04. The van der Waals surface area contributed by atoms with Crippen LogP contribution in [-0.4, -0.2) is 10.2 Å². The third-order valence-electron chi connectivity index (χ3n) is 1.55. The van der Waals surface area contributed by atoms with Gasteiger partial charge in [0.25, 0.3) is 0 Å². The smallest absolute Gasteiger partial charge is 0.174 e. The van der Waals surface area contributed by atoms with Crippen molar-refractivity contribution in [1.82, 2.24) is 10.2 Å². The van der Waals surface area contributed by atoms with E-state index >= 15 is 0 Å². The van der Waals surface area contributed by atoms with Crippen LogP contribution in [-0.2, 0) is 0 Å². The highest BCUT2D eigenvalue weighted by molar-refractivity contribution is 7.13. The van der Waals surface area contributed by atoms with Crippen LogP contribution in [0.5, 0.6) is 0 Å². The van der Waals surface area contributed by atoms with Crippen LogP contribution in [0.2, 0.25) is 5.15 Å². The van der Waals surface area contributed by atoms with Gasteiger partial charge in [0.15, 0.2) is 5.15 Å². The molecule has 0 amide bonds. The lowest BCUT2D eigenvalue weighted by atomic mass is 10.3. The van der Waals surface area contributed by atoms with E-state index < -0.39 is 0 Å². The number of nitrogen functional groups attached to an aromatic ring is 1. The number of nitrogens with two attached hydrogens (primary N) is 1. The molecule has 2 rings (SSSR count). The van der Waals surface area contributed by atoms with Crippen molar-refractivity contribution in [3.63, 3.8) is 0 Å². The van der Waals surface area contributed by atoms with Gasteiger partial charge in [-0.15, -0.1) is 21.5 Å². The van der Waals surface area contributed by atoms with Crippen molar-refractivity contribution >= 4 is 28.6 Å². The zero-order chi connectivity index (χ0) is 9.26. The second kappa shape index (κ2) is 3.32. The third kappa shape index (κ3) is 1.64. The number of halogens is 1. The Morgan fingerprint density at radius 1 is 1.38 bits per heavy atom. The van der Waals surface area contributed by atoms with Crippen molar-refractivity contribution in [2.45, 2.75) is 0 Å². The summed E-state index contributed by atoms with van der Waals surface area (Å²) in [5.41, 5.74) is 6.82. The van der Waals surface area contributed by atoms with Gasteiger partial charge in [-0.3, -0.25) is 0 Å². The molecule has 5 heteroatoms. The molecule has 0 atom stereocenters. The SMILES string of the molecule is Nc1cc(-c2cccs2)nnc1Cl. The lowest BCUT2D eigenvalue weighted by Gasteiger charge is -1.98. The fraction of sp³-hybridized carbons (Fsp3) is 0. The molecule has 0 bridgehead atoms. The Morgan fingerprint density at radius 3 is 2.85 bits per heavy atom. The van der Waals surface area contributed by atoms with Gasteiger partial charge in [-0.05, 0) is 17.5 Å². The molecule has 0 aliphatic heterocycles. The summed E-state index contributed by atoms with van der Waals surface area (Å²) in [5, 5.41) is 9.89. The molecule has 0 aromatic carbocycles. The van der Waals surface area contributed by atoms with Gasteiger partial charge in [0, 0.05) is 0 Å². The van der Waals surface area contributed by atoms with Crippen LogP contribution in [0.25, 0.3) is 10.6 Å². The molecule has 2 aromatic rings. The highest BCUT2D eigenvalue weighted by Crippen LogP contribution is 2.25. The number of aromatic nitrogens is 2.